The number of rotatable bonds is 7. The maximum absolute atomic E-state index is 11.6. The molecule has 16 heavy (non-hydrogen) atoms. The Morgan fingerprint density at radius 3 is 2.19 bits per heavy atom. The van der Waals surface area contributed by atoms with Gasteiger partial charge in [0.25, 0.3) is 0 Å². The van der Waals surface area contributed by atoms with Crippen LogP contribution in [0.4, 0.5) is 0 Å². The summed E-state index contributed by atoms with van der Waals surface area (Å²) < 4.78 is 29.8. The molecule has 0 heterocycles. The molecule has 0 saturated heterocycles. The second kappa shape index (κ2) is 6.17. The van der Waals surface area contributed by atoms with E-state index in [2.05, 4.69) is 9.46 Å². The minimum atomic E-state index is -3.77. The summed E-state index contributed by atoms with van der Waals surface area (Å²) >= 11 is 0. The molecule has 2 N–H and O–H groups in total. The first-order chi connectivity index (χ1) is 7.34. The van der Waals surface area contributed by atoms with Crippen LogP contribution < -0.4 is 4.72 Å². The molecule has 0 aliphatic rings. The van der Waals surface area contributed by atoms with Crippen LogP contribution in [-0.2, 0) is 19.6 Å². The Morgan fingerprint density at radius 1 is 1.38 bits per heavy atom. The van der Waals surface area contributed by atoms with Crippen LogP contribution in [0.25, 0.3) is 0 Å². The smallest absolute Gasteiger partial charge is 0.322 e. The van der Waals surface area contributed by atoms with E-state index in [9.17, 15) is 18.3 Å². The summed E-state index contributed by atoms with van der Waals surface area (Å²) in [5, 5.41) is 9.19. The van der Waals surface area contributed by atoms with Gasteiger partial charge in [0.15, 0.2) is 5.75 Å². The van der Waals surface area contributed by atoms with Crippen LogP contribution in [0.3, 0.4) is 0 Å². The number of ether oxygens (including phenoxy) is 1. The third-order valence-electron chi connectivity index (χ3n) is 2.56. The van der Waals surface area contributed by atoms with Gasteiger partial charge < -0.3 is 9.84 Å². The van der Waals surface area contributed by atoms with Crippen LogP contribution in [0, 0.1) is 0 Å². The SMILES string of the molecule is CCC(CC)(CO)NS(=O)(=O)CC(=O)OC. The van der Waals surface area contributed by atoms with Gasteiger partial charge in [0.1, 0.15) is 0 Å². The van der Waals surface area contributed by atoms with Crippen molar-refractivity contribution in [2.24, 2.45) is 0 Å². The van der Waals surface area contributed by atoms with Gasteiger partial charge >= 0.3 is 5.97 Å². The molecular formula is C9H19NO5S. The third kappa shape index (κ3) is 4.46. The van der Waals surface area contributed by atoms with Crippen molar-refractivity contribution < 1.29 is 23.1 Å². The van der Waals surface area contributed by atoms with Crippen molar-refractivity contribution >= 4 is 16.0 Å². The molecule has 0 bridgehead atoms. The molecule has 7 heteroatoms. The molecule has 0 rings (SSSR count). The quantitative estimate of drug-likeness (QED) is 0.604. The molecule has 0 fully saturated rings. The Kier molecular flexibility index (Phi) is 5.91. The summed E-state index contributed by atoms with van der Waals surface area (Å²) in [5.41, 5.74) is -0.896. The average molecular weight is 253 g/mol. The maximum Gasteiger partial charge on any atom is 0.322 e. The molecule has 6 nitrogen and oxygen atoms in total. The maximum atomic E-state index is 11.6. The van der Waals surface area contributed by atoms with Crippen LogP contribution in [0.2, 0.25) is 0 Å². The number of methoxy groups -OCH3 is 1. The highest BCUT2D eigenvalue weighted by Crippen LogP contribution is 2.15. The summed E-state index contributed by atoms with van der Waals surface area (Å²) in [6.07, 6.45) is 0.890. The van der Waals surface area contributed by atoms with Crippen LogP contribution in [0.1, 0.15) is 26.7 Å². The van der Waals surface area contributed by atoms with Crippen molar-refractivity contribution in [3.05, 3.63) is 0 Å². The summed E-state index contributed by atoms with van der Waals surface area (Å²) in [4.78, 5) is 10.9. The Hall–Kier alpha value is -0.660. The van der Waals surface area contributed by atoms with Crippen LogP contribution in [0.15, 0.2) is 0 Å². The lowest BCUT2D eigenvalue weighted by Crippen LogP contribution is -2.51. The number of carbonyl (C=O) groups excluding carboxylic acids is 1. The number of aliphatic hydroxyl groups is 1. The van der Waals surface area contributed by atoms with E-state index in [-0.39, 0.29) is 6.61 Å². The molecule has 0 aliphatic carbocycles. The Balaban J connectivity index is 4.73. The highest BCUT2D eigenvalue weighted by Gasteiger charge is 2.31. The Morgan fingerprint density at radius 2 is 1.88 bits per heavy atom. The van der Waals surface area contributed by atoms with Crippen LogP contribution in [0.5, 0.6) is 0 Å². The van der Waals surface area contributed by atoms with E-state index in [4.69, 9.17) is 0 Å². The highest BCUT2D eigenvalue weighted by molar-refractivity contribution is 7.90. The topological polar surface area (TPSA) is 92.7 Å². The van der Waals surface area contributed by atoms with Gasteiger partial charge in [0.2, 0.25) is 10.0 Å². The molecule has 0 aromatic carbocycles. The van der Waals surface area contributed by atoms with Crippen molar-refractivity contribution in [2.45, 2.75) is 32.2 Å². The van der Waals surface area contributed by atoms with Crippen molar-refractivity contribution in [1.82, 2.24) is 4.72 Å². The van der Waals surface area contributed by atoms with E-state index in [1.165, 1.54) is 0 Å². The van der Waals surface area contributed by atoms with Crippen molar-refractivity contribution in [3.8, 4) is 0 Å². The first-order valence-corrected chi connectivity index (χ1v) is 6.69. The standard InChI is InChI=1S/C9H19NO5S/c1-4-9(5-2,7-11)10-16(13,14)6-8(12)15-3/h10-11H,4-7H2,1-3H3. The second-order valence-electron chi connectivity index (χ2n) is 3.58. The predicted molar refractivity (Wildman–Crippen MR) is 59.3 cm³/mol. The number of aliphatic hydroxyl groups excluding tert-OH is 1. The van der Waals surface area contributed by atoms with Crippen LogP contribution in [-0.4, -0.2) is 44.5 Å². The lowest BCUT2D eigenvalue weighted by molar-refractivity contribution is -0.137. The number of nitrogens with one attached hydrogen (secondary N) is 1. The summed E-state index contributed by atoms with van der Waals surface area (Å²) in [7, 11) is -2.65. The average Bonchev–Trinajstić information content (AvgIpc) is 2.25. The molecule has 0 radical (unpaired) electrons. The fraction of sp³-hybridized carbons (Fsp3) is 0.889. The van der Waals surface area contributed by atoms with E-state index < -0.39 is 27.3 Å². The highest BCUT2D eigenvalue weighted by atomic mass is 32.2. The van der Waals surface area contributed by atoms with Gasteiger partial charge in [-0.1, -0.05) is 13.8 Å². The molecule has 0 atom stereocenters. The van der Waals surface area contributed by atoms with Crippen molar-refractivity contribution in [3.63, 3.8) is 0 Å². The molecule has 0 saturated carbocycles. The molecule has 96 valence electrons. The normalized spacial score (nSPS) is 12.5. The Labute approximate surface area is 96.0 Å². The lowest BCUT2D eigenvalue weighted by Gasteiger charge is -2.29. The number of carbonyl (C=O) groups is 1. The first kappa shape index (κ1) is 15.3. The number of hydrogen-bond acceptors (Lipinski definition) is 5. The van der Waals surface area contributed by atoms with E-state index >= 15 is 0 Å². The van der Waals surface area contributed by atoms with E-state index in [0.717, 1.165) is 7.11 Å². The molecular weight excluding hydrogens is 234 g/mol. The number of hydrogen-bond donors (Lipinski definition) is 2. The van der Waals surface area contributed by atoms with Gasteiger partial charge in [-0.25, -0.2) is 13.1 Å². The monoisotopic (exact) mass is 253 g/mol. The zero-order valence-electron chi connectivity index (χ0n) is 9.82. The van der Waals surface area contributed by atoms with Crippen molar-refractivity contribution in [1.29, 1.82) is 0 Å². The van der Waals surface area contributed by atoms with E-state index in [0.29, 0.717) is 12.8 Å². The van der Waals surface area contributed by atoms with Gasteiger partial charge in [0, 0.05) is 0 Å². The van der Waals surface area contributed by atoms with Gasteiger partial charge in [0.05, 0.1) is 19.3 Å². The first-order valence-electron chi connectivity index (χ1n) is 5.04. The fourth-order valence-electron chi connectivity index (χ4n) is 1.23. The van der Waals surface area contributed by atoms with E-state index in [1.807, 2.05) is 0 Å². The molecule has 0 aromatic heterocycles. The minimum Gasteiger partial charge on any atom is -0.468 e. The minimum absolute atomic E-state index is 0.305. The molecule has 0 aliphatic heterocycles. The fourth-order valence-corrected chi connectivity index (χ4v) is 2.74. The van der Waals surface area contributed by atoms with Gasteiger partial charge in [-0.05, 0) is 12.8 Å². The second-order valence-corrected chi connectivity index (χ2v) is 5.31. The summed E-state index contributed by atoms with van der Waals surface area (Å²) in [6, 6.07) is 0. The Bertz CT molecular complexity index is 313. The number of sulfonamides is 1. The molecule has 0 spiro atoms. The third-order valence-corrected chi connectivity index (χ3v) is 3.92. The van der Waals surface area contributed by atoms with Gasteiger partial charge in [-0.15, -0.1) is 0 Å². The van der Waals surface area contributed by atoms with Gasteiger partial charge in [-0.2, -0.15) is 0 Å². The zero-order chi connectivity index (χ0) is 12.8. The number of esters is 1. The molecule has 0 amide bonds. The molecule has 0 unspecified atom stereocenters. The zero-order valence-corrected chi connectivity index (χ0v) is 10.6. The largest absolute Gasteiger partial charge is 0.468 e. The van der Waals surface area contributed by atoms with E-state index in [1.54, 1.807) is 13.8 Å². The summed E-state index contributed by atoms with van der Waals surface area (Å²) in [5.74, 6) is -1.56. The lowest BCUT2D eigenvalue weighted by atomic mass is 9.96. The molecule has 0 aromatic rings. The van der Waals surface area contributed by atoms with Crippen molar-refractivity contribution in [2.75, 3.05) is 19.5 Å². The predicted octanol–water partition coefficient (Wildman–Crippen LogP) is -0.370. The summed E-state index contributed by atoms with van der Waals surface area (Å²) in [6.45, 7) is 3.22. The van der Waals surface area contributed by atoms with Gasteiger partial charge in [-0.3, -0.25) is 4.79 Å². The van der Waals surface area contributed by atoms with Crippen LogP contribution >= 0.6 is 0 Å².